The molecule has 204 valence electrons. The Labute approximate surface area is 223 Å². The molecule has 0 spiro atoms. The summed E-state index contributed by atoms with van der Waals surface area (Å²) in [6.45, 7) is 23.0. The Morgan fingerprint density at radius 1 is 0.788 bits per heavy atom. The molecule has 0 saturated heterocycles. The molecule has 0 rings (SSSR count). The molecule has 0 heterocycles. The fraction of sp³-hybridized carbons (Fsp3) is 0.583. The van der Waals surface area contributed by atoms with Gasteiger partial charge in [0.15, 0.2) is 11.6 Å². The SMILES string of the molecule is CCN/C(C)=C\C(C)=O.CCO.CCO.CC[N-]C(C)=CC(C)=O.[CH2-]C(C)=CC(C)=O.[Cu+2].[Cu]. The summed E-state index contributed by atoms with van der Waals surface area (Å²) in [6, 6.07) is 0. The van der Waals surface area contributed by atoms with E-state index in [4.69, 9.17) is 10.2 Å². The Morgan fingerprint density at radius 2 is 1.12 bits per heavy atom. The predicted molar refractivity (Wildman–Crippen MR) is 132 cm³/mol. The number of ketones is 3. The molecule has 0 atom stereocenters. The van der Waals surface area contributed by atoms with E-state index in [0.29, 0.717) is 0 Å². The third-order valence-electron chi connectivity index (χ3n) is 2.14. The van der Waals surface area contributed by atoms with Gasteiger partial charge in [-0.1, -0.05) is 20.8 Å². The molecular weight excluding hydrogens is 523 g/mol. The summed E-state index contributed by atoms with van der Waals surface area (Å²) in [5.74, 6) is 0.214. The van der Waals surface area contributed by atoms with Crippen molar-refractivity contribution in [3.63, 3.8) is 0 Å². The van der Waals surface area contributed by atoms with Crippen LogP contribution in [0, 0.1) is 6.92 Å². The van der Waals surface area contributed by atoms with Crippen LogP contribution in [0.4, 0.5) is 0 Å². The summed E-state index contributed by atoms with van der Waals surface area (Å²) in [4.78, 5) is 30.9. The van der Waals surface area contributed by atoms with Crippen molar-refractivity contribution in [2.24, 2.45) is 0 Å². The second kappa shape index (κ2) is 41.0. The van der Waals surface area contributed by atoms with Crippen LogP contribution in [0.2, 0.25) is 0 Å². The molecule has 0 amide bonds. The molecule has 2 radical (unpaired) electrons. The summed E-state index contributed by atoms with van der Waals surface area (Å²) in [5, 5.41) is 22.2. The Morgan fingerprint density at radius 3 is 1.30 bits per heavy atom. The molecule has 0 fully saturated rings. The Balaban J connectivity index is -0.0000000536. The quantitative estimate of drug-likeness (QED) is 0.239. The molecule has 0 saturated carbocycles. The molecule has 0 aromatic heterocycles. The molecule has 0 aromatic carbocycles. The van der Waals surface area contributed by atoms with Gasteiger partial charge in [0, 0.05) is 42.5 Å². The second-order valence-corrected chi connectivity index (χ2v) is 6.07. The van der Waals surface area contributed by atoms with Gasteiger partial charge in [-0.25, -0.2) is 12.5 Å². The molecule has 0 bridgehead atoms. The number of hydrogen-bond donors (Lipinski definition) is 3. The predicted octanol–water partition coefficient (Wildman–Crippen LogP) is 4.31. The molecular formula is C24H46Cu2N2O5. The van der Waals surface area contributed by atoms with Crippen molar-refractivity contribution in [3.05, 3.63) is 47.4 Å². The van der Waals surface area contributed by atoms with Gasteiger partial charge in [-0.2, -0.15) is 11.8 Å². The van der Waals surface area contributed by atoms with Crippen molar-refractivity contribution in [1.82, 2.24) is 5.32 Å². The standard InChI is InChI=1S/2C7H13NO.C6H9O.2C2H6O.2Cu/c2*1-4-8-6(2)5-7(3)9;1-5(2)4-6(3)7;2*1-2-3;;/h5H,4H2,1-3H3,(H,8,9);5,8H,4H2,1-3H3;4H,1H2,2-3H3;2*3H,2H2,1H3;;/q;;-1;;;;+2/p-1/b;6-5-;;;;;. The van der Waals surface area contributed by atoms with Crippen molar-refractivity contribution in [3.8, 4) is 0 Å². The van der Waals surface area contributed by atoms with Crippen molar-refractivity contribution in [2.75, 3.05) is 26.3 Å². The first-order valence-electron chi connectivity index (χ1n) is 10.3. The minimum atomic E-state index is 0. The van der Waals surface area contributed by atoms with E-state index in [2.05, 4.69) is 17.6 Å². The van der Waals surface area contributed by atoms with E-state index in [0.717, 1.165) is 30.1 Å². The van der Waals surface area contributed by atoms with E-state index >= 15 is 0 Å². The number of aliphatic hydroxyl groups is 2. The maximum atomic E-state index is 10.4. The fourth-order valence-corrected chi connectivity index (χ4v) is 1.57. The maximum Gasteiger partial charge on any atom is 2.00 e. The van der Waals surface area contributed by atoms with E-state index in [-0.39, 0.29) is 64.7 Å². The molecule has 33 heavy (non-hydrogen) atoms. The number of nitrogens with zero attached hydrogens (tertiary/aromatic N) is 1. The van der Waals surface area contributed by atoms with Gasteiger partial charge in [0.2, 0.25) is 0 Å². The molecule has 0 aromatic rings. The van der Waals surface area contributed by atoms with Crippen LogP contribution < -0.4 is 5.32 Å². The van der Waals surface area contributed by atoms with Crippen LogP contribution in [0.3, 0.4) is 0 Å². The van der Waals surface area contributed by atoms with Crippen LogP contribution in [0.5, 0.6) is 0 Å². The van der Waals surface area contributed by atoms with Gasteiger partial charge in [-0.05, 0) is 60.6 Å². The zero-order valence-corrected chi connectivity index (χ0v) is 23.8. The minimum absolute atomic E-state index is 0. The van der Waals surface area contributed by atoms with Gasteiger partial charge in [0.1, 0.15) is 0 Å². The molecule has 0 unspecified atom stereocenters. The molecule has 0 aliphatic carbocycles. The van der Waals surface area contributed by atoms with Crippen LogP contribution in [0.25, 0.3) is 5.32 Å². The van der Waals surface area contributed by atoms with Gasteiger partial charge in [0.25, 0.3) is 0 Å². The van der Waals surface area contributed by atoms with Gasteiger partial charge in [-0.15, -0.1) is 6.54 Å². The van der Waals surface area contributed by atoms with Crippen LogP contribution in [0.1, 0.15) is 69.2 Å². The van der Waals surface area contributed by atoms with E-state index in [1.54, 1.807) is 33.8 Å². The average Bonchev–Trinajstić information content (AvgIpc) is 2.55. The summed E-state index contributed by atoms with van der Waals surface area (Å²) in [7, 11) is 0. The number of carbonyl (C=O) groups excluding carboxylic acids is 3. The maximum absolute atomic E-state index is 10.4. The summed E-state index contributed by atoms with van der Waals surface area (Å²) >= 11 is 0. The van der Waals surface area contributed by atoms with Crippen molar-refractivity contribution < 1.29 is 58.7 Å². The van der Waals surface area contributed by atoms with Crippen LogP contribution in [-0.2, 0) is 48.5 Å². The third-order valence-corrected chi connectivity index (χ3v) is 2.14. The number of allylic oxidation sites excluding steroid dienone is 6. The van der Waals surface area contributed by atoms with Crippen molar-refractivity contribution >= 4 is 17.3 Å². The van der Waals surface area contributed by atoms with E-state index in [1.165, 1.54) is 26.0 Å². The largest absolute Gasteiger partial charge is 2.00 e. The molecule has 0 aliphatic heterocycles. The third kappa shape index (κ3) is 90.7. The number of aliphatic hydroxyl groups excluding tert-OH is 2. The Bertz CT molecular complexity index is 509. The van der Waals surface area contributed by atoms with Gasteiger partial charge in [-0.3, -0.25) is 9.59 Å². The summed E-state index contributed by atoms with van der Waals surface area (Å²) in [5.41, 5.74) is 2.56. The molecule has 3 N–H and O–H groups in total. The first-order valence-corrected chi connectivity index (χ1v) is 10.3. The van der Waals surface area contributed by atoms with E-state index < -0.39 is 0 Å². The van der Waals surface area contributed by atoms with Gasteiger partial charge >= 0.3 is 17.1 Å². The zero-order valence-electron chi connectivity index (χ0n) is 21.9. The fourth-order valence-electron chi connectivity index (χ4n) is 1.57. The van der Waals surface area contributed by atoms with Gasteiger partial charge < -0.3 is 25.6 Å². The van der Waals surface area contributed by atoms with Crippen LogP contribution >= 0.6 is 0 Å². The first kappa shape index (κ1) is 48.9. The zero-order chi connectivity index (χ0) is 25.8. The van der Waals surface area contributed by atoms with Gasteiger partial charge in [0.05, 0.1) is 5.78 Å². The normalized spacial score (nSPS) is 9.64. The van der Waals surface area contributed by atoms with Crippen LogP contribution in [-0.4, -0.2) is 53.9 Å². The van der Waals surface area contributed by atoms with Crippen molar-refractivity contribution in [1.29, 1.82) is 0 Å². The summed E-state index contributed by atoms with van der Waals surface area (Å²) in [6.07, 6.45) is 4.62. The smallest absolute Gasteiger partial charge is 0.688 e. The van der Waals surface area contributed by atoms with E-state index in [1.807, 2.05) is 27.7 Å². The summed E-state index contributed by atoms with van der Waals surface area (Å²) < 4.78 is 0. The number of hydrogen-bond acceptors (Lipinski definition) is 6. The average molecular weight is 570 g/mol. The molecule has 9 heteroatoms. The van der Waals surface area contributed by atoms with Crippen LogP contribution in [0.15, 0.2) is 35.2 Å². The Kier molecular flexibility index (Phi) is 60.7. The Hall–Kier alpha value is -1.34. The number of rotatable bonds is 7. The first-order chi connectivity index (χ1) is 14.3. The van der Waals surface area contributed by atoms with E-state index in [9.17, 15) is 14.4 Å². The number of nitrogens with one attached hydrogen (secondary N) is 1. The molecule has 0 aliphatic rings. The van der Waals surface area contributed by atoms with Crippen molar-refractivity contribution in [2.45, 2.75) is 69.2 Å². The monoisotopic (exact) mass is 568 g/mol. The minimum Gasteiger partial charge on any atom is -0.688 e. The second-order valence-electron chi connectivity index (χ2n) is 6.07. The molecule has 7 nitrogen and oxygen atoms in total. The number of carbonyl (C=O) groups is 3. The topological polar surface area (TPSA) is 118 Å².